The van der Waals surface area contributed by atoms with Crippen LogP contribution in [0.1, 0.15) is 11.1 Å². The van der Waals surface area contributed by atoms with Gasteiger partial charge in [-0.05, 0) is 36.1 Å². The number of rotatable bonds is 3. The van der Waals surface area contributed by atoms with Gasteiger partial charge < -0.3 is 14.2 Å². The molecule has 1 aliphatic carbocycles. The molecular weight excluding hydrogens is 242 g/mol. The number of fused-ring (bicyclic) bond motifs is 1. The third-order valence-electron chi connectivity index (χ3n) is 4.18. The quantitative estimate of drug-likeness (QED) is 0.827. The molecule has 1 aromatic rings. The second-order valence-corrected chi connectivity index (χ2v) is 5.19. The maximum absolute atomic E-state index is 5.43. The summed E-state index contributed by atoms with van der Waals surface area (Å²) in [6, 6.07) is 4.87. The zero-order valence-corrected chi connectivity index (χ0v) is 11.6. The van der Waals surface area contributed by atoms with Crippen molar-refractivity contribution in [2.75, 3.05) is 40.5 Å². The minimum atomic E-state index is 0.607. The zero-order chi connectivity index (χ0) is 13.2. The first-order valence-electron chi connectivity index (χ1n) is 6.87. The molecule has 4 nitrogen and oxygen atoms in total. The summed E-state index contributed by atoms with van der Waals surface area (Å²) in [6.45, 7) is 3.82. The van der Waals surface area contributed by atoms with E-state index in [-0.39, 0.29) is 0 Å². The Kier molecular flexibility index (Phi) is 3.62. The topological polar surface area (TPSA) is 30.9 Å². The van der Waals surface area contributed by atoms with Crippen LogP contribution in [0.15, 0.2) is 12.1 Å². The standard InChI is InChI=1S/C15H21NO3/c1-17-14-9-11-7-13(16-3-5-19-6-4-16)8-12(11)10-15(14)18-2/h9-10,13H,3-8H2,1-2H3. The van der Waals surface area contributed by atoms with Gasteiger partial charge in [0.2, 0.25) is 0 Å². The van der Waals surface area contributed by atoms with Gasteiger partial charge in [0.15, 0.2) is 11.5 Å². The summed E-state index contributed by atoms with van der Waals surface area (Å²) in [5, 5.41) is 0. The Morgan fingerprint density at radius 1 is 1.00 bits per heavy atom. The molecule has 0 amide bonds. The minimum Gasteiger partial charge on any atom is -0.493 e. The van der Waals surface area contributed by atoms with E-state index in [0.717, 1.165) is 50.6 Å². The lowest BCUT2D eigenvalue weighted by Gasteiger charge is -2.32. The van der Waals surface area contributed by atoms with E-state index in [9.17, 15) is 0 Å². The lowest BCUT2D eigenvalue weighted by atomic mass is 10.1. The van der Waals surface area contributed by atoms with Gasteiger partial charge >= 0.3 is 0 Å². The molecular formula is C15H21NO3. The van der Waals surface area contributed by atoms with Crippen molar-refractivity contribution < 1.29 is 14.2 Å². The average Bonchev–Trinajstić information content (AvgIpc) is 2.89. The Balaban J connectivity index is 1.79. The molecule has 1 heterocycles. The maximum atomic E-state index is 5.43. The summed E-state index contributed by atoms with van der Waals surface area (Å²) in [5.74, 6) is 1.67. The largest absolute Gasteiger partial charge is 0.493 e. The second kappa shape index (κ2) is 5.39. The first-order valence-corrected chi connectivity index (χ1v) is 6.87. The molecule has 0 unspecified atom stereocenters. The average molecular weight is 263 g/mol. The van der Waals surface area contributed by atoms with Crippen molar-refractivity contribution in [3.05, 3.63) is 23.3 Å². The zero-order valence-electron chi connectivity index (χ0n) is 11.6. The van der Waals surface area contributed by atoms with E-state index in [1.165, 1.54) is 11.1 Å². The first-order chi connectivity index (χ1) is 9.31. The molecule has 0 saturated carbocycles. The molecule has 0 bridgehead atoms. The van der Waals surface area contributed by atoms with Crippen LogP contribution in [-0.2, 0) is 17.6 Å². The molecule has 19 heavy (non-hydrogen) atoms. The van der Waals surface area contributed by atoms with Crippen molar-refractivity contribution in [3.63, 3.8) is 0 Å². The van der Waals surface area contributed by atoms with Crippen LogP contribution < -0.4 is 9.47 Å². The molecule has 1 saturated heterocycles. The number of hydrogen-bond acceptors (Lipinski definition) is 4. The fourth-order valence-corrected chi connectivity index (χ4v) is 3.12. The number of ether oxygens (including phenoxy) is 3. The van der Waals surface area contributed by atoms with Gasteiger partial charge in [0.1, 0.15) is 0 Å². The Morgan fingerprint density at radius 2 is 1.53 bits per heavy atom. The first kappa shape index (κ1) is 12.8. The smallest absolute Gasteiger partial charge is 0.161 e. The van der Waals surface area contributed by atoms with Gasteiger partial charge in [-0.15, -0.1) is 0 Å². The highest BCUT2D eigenvalue weighted by Gasteiger charge is 2.29. The molecule has 104 valence electrons. The van der Waals surface area contributed by atoms with Crippen LogP contribution >= 0.6 is 0 Å². The van der Waals surface area contributed by atoms with Crippen molar-refractivity contribution in [2.45, 2.75) is 18.9 Å². The molecule has 0 atom stereocenters. The lowest BCUT2D eigenvalue weighted by Crippen LogP contribution is -2.43. The van der Waals surface area contributed by atoms with Crippen molar-refractivity contribution in [2.24, 2.45) is 0 Å². The molecule has 1 aliphatic heterocycles. The normalized spacial score (nSPS) is 20.3. The number of morpholine rings is 1. The van der Waals surface area contributed by atoms with Gasteiger partial charge in [-0.2, -0.15) is 0 Å². The molecule has 0 spiro atoms. The lowest BCUT2D eigenvalue weighted by molar-refractivity contribution is 0.0187. The van der Waals surface area contributed by atoms with Crippen molar-refractivity contribution in [1.82, 2.24) is 4.90 Å². The van der Waals surface area contributed by atoms with Crippen LogP contribution in [0.5, 0.6) is 11.5 Å². The predicted octanol–water partition coefficient (Wildman–Crippen LogP) is 1.50. The number of nitrogens with zero attached hydrogens (tertiary/aromatic N) is 1. The third-order valence-corrected chi connectivity index (χ3v) is 4.18. The van der Waals surface area contributed by atoms with Gasteiger partial charge in [0, 0.05) is 19.1 Å². The summed E-state index contributed by atoms with van der Waals surface area (Å²) in [7, 11) is 3.39. The summed E-state index contributed by atoms with van der Waals surface area (Å²) < 4.78 is 16.2. The summed E-state index contributed by atoms with van der Waals surface area (Å²) in [6.07, 6.45) is 2.21. The highest BCUT2D eigenvalue weighted by molar-refractivity contribution is 5.49. The van der Waals surface area contributed by atoms with E-state index in [1.807, 2.05) is 0 Å². The molecule has 1 fully saturated rings. The van der Waals surface area contributed by atoms with E-state index >= 15 is 0 Å². The number of benzene rings is 1. The van der Waals surface area contributed by atoms with Crippen LogP contribution in [0.4, 0.5) is 0 Å². The Labute approximate surface area is 114 Å². The van der Waals surface area contributed by atoms with Crippen molar-refractivity contribution in [3.8, 4) is 11.5 Å². The van der Waals surface area contributed by atoms with Crippen LogP contribution in [0.25, 0.3) is 0 Å². The molecule has 4 heteroatoms. The monoisotopic (exact) mass is 263 g/mol. The molecule has 1 aromatic carbocycles. The summed E-state index contributed by atoms with van der Waals surface area (Å²) >= 11 is 0. The van der Waals surface area contributed by atoms with E-state index in [4.69, 9.17) is 14.2 Å². The number of hydrogen-bond donors (Lipinski definition) is 0. The molecule has 0 aromatic heterocycles. The van der Waals surface area contributed by atoms with Crippen LogP contribution in [-0.4, -0.2) is 51.5 Å². The predicted molar refractivity (Wildman–Crippen MR) is 73.1 cm³/mol. The van der Waals surface area contributed by atoms with Gasteiger partial charge in [-0.3, -0.25) is 4.90 Å². The fourth-order valence-electron chi connectivity index (χ4n) is 3.12. The van der Waals surface area contributed by atoms with Crippen LogP contribution in [0, 0.1) is 0 Å². The van der Waals surface area contributed by atoms with Gasteiger partial charge in [-0.1, -0.05) is 0 Å². The highest BCUT2D eigenvalue weighted by atomic mass is 16.5. The van der Waals surface area contributed by atoms with E-state index in [0.29, 0.717) is 6.04 Å². The molecule has 0 N–H and O–H groups in total. The van der Waals surface area contributed by atoms with Crippen molar-refractivity contribution in [1.29, 1.82) is 0 Å². The summed E-state index contributed by atoms with van der Waals surface area (Å²) in [4.78, 5) is 2.54. The minimum absolute atomic E-state index is 0.607. The molecule has 3 rings (SSSR count). The van der Waals surface area contributed by atoms with E-state index in [1.54, 1.807) is 14.2 Å². The van der Waals surface area contributed by atoms with Gasteiger partial charge in [0.05, 0.1) is 27.4 Å². The van der Waals surface area contributed by atoms with E-state index < -0.39 is 0 Å². The van der Waals surface area contributed by atoms with Gasteiger partial charge in [-0.25, -0.2) is 0 Å². The van der Waals surface area contributed by atoms with Crippen LogP contribution in [0.2, 0.25) is 0 Å². The molecule has 0 radical (unpaired) electrons. The summed E-state index contributed by atoms with van der Waals surface area (Å²) in [5.41, 5.74) is 2.79. The number of methoxy groups -OCH3 is 2. The third kappa shape index (κ3) is 2.42. The Morgan fingerprint density at radius 3 is 2.00 bits per heavy atom. The highest BCUT2D eigenvalue weighted by Crippen LogP contribution is 2.36. The second-order valence-electron chi connectivity index (χ2n) is 5.19. The molecule has 2 aliphatic rings. The van der Waals surface area contributed by atoms with Gasteiger partial charge in [0.25, 0.3) is 0 Å². The Bertz CT molecular complexity index is 422. The Hall–Kier alpha value is -1.26. The van der Waals surface area contributed by atoms with E-state index in [2.05, 4.69) is 17.0 Å². The van der Waals surface area contributed by atoms with Crippen LogP contribution in [0.3, 0.4) is 0 Å². The fraction of sp³-hybridized carbons (Fsp3) is 0.600. The SMILES string of the molecule is COc1cc2c(cc1OC)CC(N1CCOCC1)C2. The maximum Gasteiger partial charge on any atom is 0.161 e. The van der Waals surface area contributed by atoms with Crippen molar-refractivity contribution >= 4 is 0 Å².